The zero-order valence-corrected chi connectivity index (χ0v) is 18.4. The SMILES string of the molecule is COc1cccc(NS(=O)(=O)c2ccc(OCC(=O)N[C@@H](C)c3ccc(F)cc3)cc2)c1. The first-order valence-corrected chi connectivity index (χ1v) is 11.2. The Kier molecular flexibility index (Phi) is 7.32. The summed E-state index contributed by atoms with van der Waals surface area (Å²) in [5.74, 6) is 0.161. The third-order valence-electron chi connectivity index (χ3n) is 4.57. The zero-order valence-electron chi connectivity index (χ0n) is 17.5. The van der Waals surface area contributed by atoms with Crippen LogP contribution in [-0.2, 0) is 14.8 Å². The molecule has 7 nitrogen and oxygen atoms in total. The molecule has 3 aromatic rings. The van der Waals surface area contributed by atoms with Crippen molar-refractivity contribution in [2.45, 2.75) is 17.9 Å². The second-order valence-corrected chi connectivity index (χ2v) is 8.62. The van der Waals surface area contributed by atoms with E-state index in [1.165, 1.54) is 43.5 Å². The molecule has 0 unspecified atom stereocenters. The van der Waals surface area contributed by atoms with Gasteiger partial charge in [0.25, 0.3) is 15.9 Å². The van der Waals surface area contributed by atoms with Gasteiger partial charge in [-0.25, -0.2) is 12.8 Å². The molecule has 0 aliphatic carbocycles. The molecule has 3 aromatic carbocycles. The molecule has 1 amide bonds. The number of ether oxygens (including phenoxy) is 2. The van der Waals surface area contributed by atoms with Crippen molar-refractivity contribution < 1.29 is 27.1 Å². The van der Waals surface area contributed by atoms with Gasteiger partial charge in [0.15, 0.2) is 6.61 Å². The lowest BCUT2D eigenvalue weighted by Crippen LogP contribution is -2.31. The summed E-state index contributed by atoms with van der Waals surface area (Å²) >= 11 is 0. The first kappa shape index (κ1) is 23.1. The number of rotatable bonds is 9. The van der Waals surface area contributed by atoms with Crippen LogP contribution in [0.25, 0.3) is 0 Å². The molecule has 0 fully saturated rings. The first-order chi connectivity index (χ1) is 15.3. The van der Waals surface area contributed by atoms with Gasteiger partial charge in [-0.1, -0.05) is 18.2 Å². The van der Waals surface area contributed by atoms with E-state index in [4.69, 9.17) is 9.47 Å². The van der Waals surface area contributed by atoms with Crippen LogP contribution >= 0.6 is 0 Å². The molecule has 0 radical (unpaired) electrons. The lowest BCUT2D eigenvalue weighted by molar-refractivity contribution is -0.123. The number of carbonyl (C=O) groups excluding carboxylic acids is 1. The number of nitrogens with one attached hydrogen (secondary N) is 2. The van der Waals surface area contributed by atoms with Gasteiger partial charge in [0.05, 0.1) is 23.7 Å². The lowest BCUT2D eigenvalue weighted by atomic mass is 10.1. The number of methoxy groups -OCH3 is 1. The number of amides is 1. The number of hydrogen-bond donors (Lipinski definition) is 2. The number of sulfonamides is 1. The van der Waals surface area contributed by atoms with Crippen molar-refractivity contribution in [3.63, 3.8) is 0 Å². The Hall–Kier alpha value is -3.59. The van der Waals surface area contributed by atoms with Crippen molar-refractivity contribution in [2.75, 3.05) is 18.4 Å². The molecule has 0 aromatic heterocycles. The van der Waals surface area contributed by atoms with Gasteiger partial charge in [-0.15, -0.1) is 0 Å². The molecule has 0 saturated heterocycles. The summed E-state index contributed by atoms with van der Waals surface area (Å²) in [6.07, 6.45) is 0. The summed E-state index contributed by atoms with van der Waals surface area (Å²) in [7, 11) is -2.31. The highest BCUT2D eigenvalue weighted by atomic mass is 32.2. The van der Waals surface area contributed by atoms with Crippen LogP contribution in [-0.4, -0.2) is 28.0 Å². The summed E-state index contributed by atoms with van der Waals surface area (Å²) in [5, 5.41) is 2.76. The highest BCUT2D eigenvalue weighted by Crippen LogP contribution is 2.22. The monoisotopic (exact) mass is 458 g/mol. The van der Waals surface area contributed by atoms with E-state index in [2.05, 4.69) is 10.0 Å². The van der Waals surface area contributed by atoms with Crippen molar-refractivity contribution >= 4 is 21.6 Å². The zero-order chi connectivity index (χ0) is 23.1. The number of hydrogen-bond acceptors (Lipinski definition) is 5. The molecule has 0 spiro atoms. The van der Waals surface area contributed by atoms with Crippen LogP contribution in [0.1, 0.15) is 18.5 Å². The molecule has 0 aliphatic rings. The third-order valence-corrected chi connectivity index (χ3v) is 5.97. The van der Waals surface area contributed by atoms with E-state index in [9.17, 15) is 17.6 Å². The molecule has 9 heteroatoms. The van der Waals surface area contributed by atoms with Gasteiger partial charge in [-0.2, -0.15) is 0 Å². The van der Waals surface area contributed by atoms with Gasteiger partial charge < -0.3 is 14.8 Å². The second-order valence-electron chi connectivity index (χ2n) is 6.94. The van der Waals surface area contributed by atoms with Crippen molar-refractivity contribution in [2.24, 2.45) is 0 Å². The van der Waals surface area contributed by atoms with Gasteiger partial charge in [0, 0.05) is 6.07 Å². The van der Waals surface area contributed by atoms with E-state index in [0.29, 0.717) is 17.2 Å². The van der Waals surface area contributed by atoms with E-state index in [-0.39, 0.29) is 29.3 Å². The number of anilines is 1. The van der Waals surface area contributed by atoms with Crippen LogP contribution in [0.3, 0.4) is 0 Å². The van der Waals surface area contributed by atoms with Gasteiger partial charge in [-0.05, 0) is 61.0 Å². The normalized spacial score (nSPS) is 12.0. The van der Waals surface area contributed by atoms with Crippen molar-refractivity contribution in [1.29, 1.82) is 0 Å². The maximum absolute atomic E-state index is 13.0. The third kappa shape index (κ3) is 6.21. The minimum absolute atomic E-state index is 0.0436. The lowest BCUT2D eigenvalue weighted by Gasteiger charge is -2.15. The fourth-order valence-corrected chi connectivity index (χ4v) is 3.93. The molecule has 0 saturated carbocycles. The quantitative estimate of drug-likeness (QED) is 0.507. The summed E-state index contributed by atoms with van der Waals surface area (Å²) in [4.78, 5) is 12.2. The molecule has 32 heavy (non-hydrogen) atoms. The highest BCUT2D eigenvalue weighted by molar-refractivity contribution is 7.92. The number of halogens is 1. The molecule has 3 rings (SSSR count). The molecule has 168 valence electrons. The Balaban J connectivity index is 1.55. The molecule has 0 aliphatic heterocycles. The van der Waals surface area contributed by atoms with Gasteiger partial charge in [-0.3, -0.25) is 9.52 Å². The standard InChI is InChI=1S/C23H23FN2O5S/c1-16(17-6-8-18(24)9-7-17)25-23(27)15-31-20-10-12-22(13-11-20)32(28,29)26-19-4-3-5-21(14-19)30-2/h3-14,16,26H,15H2,1-2H3,(H,25,27)/t16-/m0/s1. The minimum atomic E-state index is -3.80. The van der Waals surface area contributed by atoms with Gasteiger partial charge in [0.1, 0.15) is 17.3 Å². The van der Waals surface area contributed by atoms with Crippen molar-refractivity contribution in [3.05, 3.63) is 84.2 Å². The fourth-order valence-electron chi connectivity index (χ4n) is 2.88. The topological polar surface area (TPSA) is 93.7 Å². The average Bonchev–Trinajstić information content (AvgIpc) is 2.78. The van der Waals surface area contributed by atoms with E-state index in [1.807, 2.05) is 0 Å². The number of benzene rings is 3. The van der Waals surface area contributed by atoms with Crippen molar-refractivity contribution in [3.8, 4) is 11.5 Å². The maximum atomic E-state index is 13.0. The first-order valence-electron chi connectivity index (χ1n) is 9.71. The van der Waals surface area contributed by atoms with E-state index in [1.54, 1.807) is 43.3 Å². The van der Waals surface area contributed by atoms with Crippen molar-refractivity contribution in [1.82, 2.24) is 5.32 Å². The van der Waals surface area contributed by atoms with Crippen LogP contribution < -0.4 is 19.5 Å². The highest BCUT2D eigenvalue weighted by Gasteiger charge is 2.15. The van der Waals surface area contributed by atoms with Crippen LogP contribution in [0, 0.1) is 5.82 Å². The Labute approximate surface area is 186 Å². The minimum Gasteiger partial charge on any atom is -0.497 e. The van der Waals surface area contributed by atoms with Gasteiger partial charge >= 0.3 is 0 Å². The Bertz CT molecular complexity index is 1170. The molecule has 0 bridgehead atoms. The molecule has 1 atom stereocenters. The predicted molar refractivity (Wildman–Crippen MR) is 119 cm³/mol. The molecule has 0 heterocycles. The van der Waals surface area contributed by atoms with E-state index < -0.39 is 10.0 Å². The maximum Gasteiger partial charge on any atom is 0.261 e. The van der Waals surface area contributed by atoms with E-state index >= 15 is 0 Å². The Morgan fingerprint density at radius 3 is 2.34 bits per heavy atom. The summed E-state index contributed by atoms with van der Waals surface area (Å²) in [6.45, 7) is 1.53. The van der Waals surface area contributed by atoms with Crippen LogP contribution in [0.4, 0.5) is 10.1 Å². The Morgan fingerprint density at radius 2 is 1.69 bits per heavy atom. The van der Waals surface area contributed by atoms with Gasteiger partial charge in [0.2, 0.25) is 0 Å². The second kappa shape index (κ2) is 10.1. The molecule has 2 N–H and O–H groups in total. The molecular formula is C23H23FN2O5S. The van der Waals surface area contributed by atoms with Crippen LogP contribution in [0.15, 0.2) is 77.7 Å². The predicted octanol–water partition coefficient (Wildman–Crippen LogP) is 3.89. The van der Waals surface area contributed by atoms with E-state index in [0.717, 1.165) is 5.56 Å². The fraction of sp³-hybridized carbons (Fsp3) is 0.174. The number of carbonyl (C=O) groups is 1. The van der Waals surface area contributed by atoms with Crippen LogP contribution in [0.5, 0.6) is 11.5 Å². The Morgan fingerprint density at radius 1 is 1.00 bits per heavy atom. The molecular weight excluding hydrogens is 435 g/mol. The van der Waals surface area contributed by atoms with Crippen LogP contribution in [0.2, 0.25) is 0 Å². The summed E-state index contributed by atoms with van der Waals surface area (Å²) < 4.78 is 51.2. The summed E-state index contributed by atoms with van der Waals surface area (Å²) in [6, 6.07) is 17.8. The summed E-state index contributed by atoms with van der Waals surface area (Å²) in [5.41, 5.74) is 1.13. The average molecular weight is 459 g/mol. The largest absolute Gasteiger partial charge is 0.497 e. The smallest absolute Gasteiger partial charge is 0.261 e.